The average Bonchev–Trinajstić information content (AvgIpc) is 3.17. The van der Waals surface area contributed by atoms with Gasteiger partial charge in [0.1, 0.15) is 28.5 Å². The fourth-order valence-corrected chi connectivity index (χ4v) is 5.32. The van der Waals surface area contributed by atoms with Crippen molar-refractivity contribution in [3.05, 3.63) is 57.6 Å². The Bertz CT molecular complexity index is 1360. The Morgan fingerprint density at radius 2 is 2.09 bits per heavy atom. The van der Waals surface area contributed by atoms with Crippen molar-refractivity contribution in [2.45, 2.75) is 64.6 Å². The molecule has 2 N–H and O–H groups in total. The van der Waals surface area contributed by atoms with E-state index in [1.165, 1.54) is 17.3 Å². The summed E-state index contributed by atoms with van der Waals surface area (Å²) in [6.45, 7) is 4.07. The summed E-state index contributed by atoms with van der Waals surface area (Å²) >= 11 is 0. The fourth-order valence-electron chi connectivity index (χ4n) is 5.32. The Labute approximate surface area is 205 Å². The number of nitrogens with zero attached hydrogens (tertiary/aromatic N) is 5. The maximum absolute atomic E-state index is 13.8. The molecule has 0 bridgehead atoms. The molecule has 182 valence electrons. The summed E-state index contributed by atoms with van der Waals surface area (Å²) in [5, 5.41) is 10.1. The normalized spacial score (nSPS) is 18.4. The van der Waals surface area contributed by atoms with E-state index in [1.807, 2.05) is 29.7 Å². The van der Waals surface area contributed by atoms with Gasteiger partial charge in [0.2, 0.25) is 0 Å². The van der Waals surface area contributed by atoms with Gasteiger partial charge in [-0.3, -0.25) is 14.2 Å². The minimum absolute atomic E-state index is 0.0339. The summed E-state index contributed by atoms with van der Waals surface area (Å²) in [6.07, 6.45) is 7.55. The smallest absolute Gasteiger partial charge is 0.278 e. The lowest BCUT2D eigenvalue weighted by molar-refractivity contribution is 0.0970. The van der Waals surface area contributed by atoms with Crippen molar-refractivity contribution in [3.63, 3.8) is 0 Å². The minimum atomic E-state index is -0.279. The van der Waals surface area contributed by atoms with Crippen LogP contribution in [0.2, 0.25) is 0 Å². The van der Waals surface area contributed by atoms with Crippen LogP contribution in [-0.2, 0) is 19.5 Å². The van der Waals surface area contributed by atoms with Gasteiger partial charge in [-0.1, -0.05) is 31.5 Å². The molecule has 5 rings (SSSR count). The first-order valence-electron chi connectivity index (χ1n) is 12.6. The summed E-state index contributed by atoms with van der Waals surface area (Å²) in [6, 6.07) is 9.88. The van der Waals surface area contributed by atoms with Crippen LogP contribution >= 0.6 is 0 Å². The maximum atomic E-state index is 13.8. The van der Waals surface area contributed by atoms with Crippen LogP contribution in [0.3, 0.4) is 0 Å². The summed E-state index contributed by atoms with van der Waals surface area (Å²) < 4.78 is 3.39. The van der Waals surface area contributed by atoms with Gasteiger partial charge in [-0.2, -0.15) is 5.26 Å². The third-order valence-corrected chi connectivity index (χ3v) is 7.51. The first-order valence-corrected chi connectivity index (χ1v) is 12.6. The molecule has 35 heavy (non-hydrogen) atoms. The van der Waals surface area contributed by atoms with Crippen molar-refractivity contribution in [2.24, 2.45) is 11.7 Å². The highest BCUT2D eigenvalue weighted by atomic mass is 16.1. The molecule has 8 nitrogen and oxygen atoms in total. The highest BCUT2D eigenvalue weighted by molar-refractivity contribution is 5.96. The number of rotatable bonds is 7. The van der Waals surface area contributed by atoms with Gasteiger partial charge in [-0.05, 0) is 49.7 Å². The third-order valence-electron chi connectivity index (χ3n) is 7.51. The molecule has 3 heterocycles. The van der Waals surface area contributed by atoms with Crippen LogP contribution in [0.15, 0.2) is 35.4 Å². The van der Waals surface area contributed by atoms with Gasteiger partial charge in [-0.25, -0.2) is 4.98 Å². The van der Waals surface area contributed by atoms with Crippen LogP contribution in [0.5, 0.6) is 0 Å². The second-order valence-electron chi connectivity index (χ2n) is 9.92. The molecule has 0 radical (unpaired) electrons. The first-order chi connectivity index (χ1) is 17.0. The van der Waals surface area contributed by atoms with E-state index in [0.29, 0.717) is 41.2 Å². The lowest BCUT2D eigenvalue weighted by Crippen LogP contribution is -2.44. The van der Waals surface area contributed by atoms with Crippen LogP contribution < -0.4 is 16.2 Å². The van der Waals surface area contributed by atoms with Gasteiger partial charge in [0.25, 0.3) is 5.56 Å². The van der Waals surface area contributed by atoms with E-state index in [9.17, 15) is 14.9 Å². The van der Waals surface area contributed by atoms with Crippen LogP contribution in [-0.4, -0.2) is 39.0 Å². The molecule has 0 amide bonds. The van der Waals surface area contributed by atoms with Gasteiger partial charge in [-0.15, -0.1) is 0 Å². The van der Waals surface area contributed by atoms with Gasteiger partial charge < -0.3 is 15.2 Å². The maximum Gasteiger partial charge on any atom is 0.278 e. The quantitative estimate of drug-likeness (QED) is 0.529. The molecule has 1 atom stereocenters. The van der Waals surface area contributed by atoms with Gasteiger partial charge in [0.05, 0.1) is 12.9 Å². The van der Waals surface area contributed by atoms with E-state index < -0.39 is 0 Å². The number of nitrogens with two attached hydrogens (primary N) is 1. The summed E-state index contributed by atoms with van der Waals surface area (Å²) in [5.41, 5.74) is 8.92. The number of piperidine rings is 1. The molecule has 1 aromatic carbocycles. The molecular weight excluding hydrogens is 440 g/mol. The van der Waals surface area contributed by atoms with E-state index in [-0.39, 0.29) is 23.9 Å². The lowest BCUT2D eigenvalue weighted by Gasteiger charge is -2.35. The van der Waals surface area contributed by atoms with Crippen LogP contribution in [0.1, 0.15) is 60.5 Å². The molecule has 0 unspecified atom stereocenters. The number of anilines is 1. The number of fused-ring (bicyclic) bond motifs is 1. The van der Waals surface area contributed by atoms with Crippen molar-refractivity contribution < 1.29 is 4.79 Å². The molecule has 0 spiro atoms. The number of hydrogen-bond donors (Lipinski definition) is 1. The average molecular weight is 473 g/mol. The third kappa shape index (κ3) is 4.37. The van der Waals surface area contributed by atoms with Crippen LogP contribution in [0.4, 0.5) is 5.82 Å². The van der Waals surface area contributed by atoms with Crippen molar-refractivity contribution in [2.75, 3.05) is 18.0 Å². The molecular formula is C27H32N6O2. The summed E-state index contributed by atoms with van der Waals surface area (Å²) in [5.74, 6) is 1.10. The van der Waals surface area contributed by atoms with Gasteiger partial charge in [0, 0.05) is 31.2 Å². The zero-order chi connectivity index (χ0) is 24.5. The number of aromatic nitrogens is 3. The summed E-state index contributed by atoms with van der Waals surface area (Å²) in [4.78, 5) is 33.5. The molecule has 1 saturated carbocycles. The number of benzene rings is 1. The molecule has 2 aromatic heterocycles. The van der Waals surface area contributed by atoms with Crippen LogP contribution in [0.25, 0.3) is 11.0 Å². The Balaban J connectivity index is 1.60. The minimum Gasteiger partial charge on any atom is -0.355 e. The predicted molar refractivity (Wildman–Crippen MR) is 136 cm³/mol. The number of carbonyl (C=O) groups excluding carboxylic acids is 1. The largest absolute Gasteiger partial charge is 0.355 e. The van der Waals surface area contributed by atoms with E-state index >= 15 is 0 Å². The molecule has 2 aliphatic rings. The van der Waals surface area contributed by atoms with E-state index in [1.54, 1.807) is 6.07 Å². The molecule has 2 fully saturated rings. The molecule has 1 saturated heterocycles. The second-order valence-corrected chi connectivity index (χ2v) is 9.92. The monoisotopic (exact) mass is 472 g/mol. The highest BCUT2D eigenvalue weighted by Crippen LogP contribution is 2.36. The SMILES string of the molecule is CCc1cccc(C(=O)Cn2cnc3c(C#N)c(N4CCC[C@@H](N)C4)n(CC4CCC4)c3c2=O)c1. The van der Waals surface area contributed by atoms with Gasteiger partial charge in [0.15, 0.2) is 5.78 Å². The van der Waals surface area contributed by atoms with Crippen molar-refractivity contribution in [3.8, 4) is 6.07 Å². The standard InChI is InChI=1S/C27H32N6O2/c1-2-18-6-4-9-20(12-18)23(34)16-32-17-30-24-22(13-28)26(31-11-5-10-21(29)15-31)33(25(24)27(32)35)14-19-7-3-8-19/h4,6,9,12,17,19,21H,2-3,5,7-8,10-11,14-16,29H2,1H3/t21-/m1/s1. The van der Waals surface area contributed by atoms with Crippen molar-refractivity contribution >= 4 is 22.6 Å². The molecule has 1 aliphatic heterocycles. The number of aryl methyl sites for hydroxylation is 1. The number of Topliss-reactive ketones (excluding diaryl/α,β-unsaturated/α-hetero) is 1. The molecule has 3 aromatic rings. The van der Waals surface area contributed by atoms with E-state index in [4.69, 9.17) is 5.73 Å². The predicted octanol–water partition coefficient (Wildman–Crippen LogP) is 3.24. The lowest BCUT2D eigenvalue weighted by atomic mass is 9.85. The number of nitriles is 1. The second kappa shape index (κ2) is 9.67. The Kier molecular flexibility index (Phi) is 6.44. The topological polar surface area (TPSA) is 110 Å². The Morgan fingerprint density at radius 1 is 1.26 bits per heavy atom. The zero-order valence-electron chi connectivity index (χ0n) is 20.2. The first kappa shape index (κ1) is 23.3. The zero-order valence-corrected chi connectivity index (χ0v) is 20.2. The van der Waals surface area contributed by atoms with E-state index in [0.717, 1.165) is 50.0 Å². The molecule has 8 heteroatoms. The summed E-state index contributed by atoms with van der Waals surface area (Å²) in [7, 11) is 0. The molecule has 1 aliphatic carbocycles. The van der Waals surface area contributed by atoms with Crippen molar-refractivity contribution in [1.82, 2.24) is 14.1 Å². The van der Waals surface area contributed by atoms with Gasteiger partial charge >= 0.3 is 0 Å². The fraction of sp³-hybridized carbons (Fsp3) is 0.481. The Morgan fingerprint density at radius 3 is 2.77 bits per heavy atom. The van der Waals surface area contributed by atoms with Crippen molar-refractivity contribution in [1.29, 1.82) is 5.26 Å². The number of carbonyl (C=O) groups is 1. The Hall–Kier alpha value is -3.44. The highest BCUT2D eigenvalue weighted by Gasteiger charge is 2.30. The number of hydrogen-bond acceptors (Lipinski definition) is 6. The number of ketones is 1. The van der Waals surface area contributed by atoms with E-state index in [2.05, 4.69) is 16.0 Å². The van der Waals surface area contributed by atoms with Crippen LogP contribution in [0, 0.1) is 17.2 Å².